The van der Waals surface area contributed by atoms with Gasteiger partial charge in [-0.15, -0.1) is 0 Å². The summed E-state index contributed by atoms with van der Waals surface area (Å²) in [4.78, 5) is 14.2. The molecule has 0 atom stereocenters. The molecule has 0 amide bonds. The van der Waals surface area contributed by atoms with Gasteiger partial charge in [-0.05, 0) is 13.1 Å². The van der Waals surface area contributed by atoms with Crippen LogP contribution in [0, 0.1) is 5.82 Å². The van der Waals surface area contributed by atoms with Crippen molar-refractivity contribution in [3.8, 4) is 6.01 Å². The summed E-state index contributed by atoms with van der Waals surface area (Å²) in [5, 5.41) is 0. The van der Waals surface area contributed by atoms with Gasteiger partial charge in [-0.2, -0.15) is 4.98 Å². The zero-order valence-corrected chi connectivity index (χ0v) is 13.5. The number of fused-ring (bicyclic) bond motifs is 1. The van der Waals surface area contributed by atoms with Gasteiger partial charge in [-0.3, -0.25) is 4.90 Å². The smallest absolute Gasteiger partial charge is 0.294 e. The van der Waals surface area contributed by atoms with Crippen LogP contribution < -0.4 is 9.64 Å². The van der Waals surface area contributed by atoms with E-state index in [0.29, 0.717) is 23.3 Å². The van der Waals surface area contributed by atoms with Crippen molar-refractivity contribution in [2.45, 2.75) is 6.04 Å². The fourth-order valence-corrected chi connectivity index (χ4v) is 3.56. The molecule has 2 aliphatic rings. The number of methoxy groups -OCH3 is 1. The number of halogens is 1. The molecular formula is C16H22FN5O. The van der Waals surface area contributed by atoms with Gasteiger partial charge >= 0.3 is 0 Å². The molecular weight excluding hydrogens is 297 g/mol. The molecule has 6 nitrogen and oxygen atoms in total. The van der Waals surface area contributed by atoms with E-state index in [-0.39, 0.29) is 5.82 Å². The van der Waals surface area contributed by atoms with E-state index in [1.165, 1.54) is 6.07 Å². The number of H-pyrrole nitrogens is 1. The Morgan fingerprint density at radius 2 is 1.96 bits per heavy atom. The summed E-state index contributed by atoms with van der Waals surface area (Å²) in [6, 6.07) is 4.41. The van der Waals surface area contributed by atoms with Crippen molar-refractivity contribution in [2.24, 2.45) is 0 Å². The first-order valence-corrected chi connectivity index (χ1v) is 8.05. The standard InChI is InChI=1S/C16H22FN5O/c1-20-9-11(10-20)21-3-5-22(6-4-21)15-8-14-13(7-12(15)17)18-16(19-14)23-2/h7-8,11H,3-6,9-10H2,1-2H3,(H,18,19). The van der Waals surface area contributed by atoms with Gasteiger partial charge in [0.2, 0.25) is 0 Å². The fraction of sp³-hybridized carbons (Fsp3) is 0.562. The second-order valence-electron chi connectivity index (χ2n) is 6.46. The van der Waals surface area contributed by atoms with Crippen LogP contribution in [0.3, 0.4) is 0 Å². The van der Waals surface area contributed by atoms with Gasteiger partial charge in [0.1, 0.15) is 5.82 Å². The monoisotopic (exact) mass is 319 g/mol. The molecule has 1 aromatic heterocycles. The molecule has 1 aromatic carbocycles. The Morgan fingerprint density at radius 1 is 1.22 bits per heavy atom. The number of likely N-dealkylation sites (N-methyl/N-ethyl adjacent to an activating group) is 1. The van der Waals surface area contributed by atoms with Gasteiger partial charge in [0, 0.05) is 51.4 Å². The Bertz CT molecular complexity index is 704. The summed E-state index contributed by atoms with van der Waals surface area (Å²) in [5.74, 6) is -0.219. The van der Waals surface area contributed by atoms with Crippen LogP contribution in [0.2, 0.25) is 0 Å². The molecule has 124 valence electrons. The molecule has 3 heterocycles. The largest absolute Gasteiger partial charge is 0.468 e. The molecule has 0 radical (unpaired) electrons. The quantitative estimate of drug-likeness (QED) is 0.919. The van der Waals surface area contributed by atoms with Crippen molar-refractivity contribution < 1.29 is 9.13 Å². The average Bonchev–Trinajstić information content (AvgIpc) is 2.93. The van der Waals surface area contributed by atoms with Crippen molar-refractivity contribution in [3.05, 3.63) is 17.9 Å². The van der Waals surface area contributed by atoms with Crippen LogP contribution in [-0.2, 0) is 0 Å². The highest BCUT2D eigenvalue weighted by molar-refractivity contribution is 5.80. The number of imidazole rings is 1. The minimum atomic E-state index is -0.219. The molecule has 23 heavy (non-hydrogen) atoms. The summed E-state index contributed by atoms with van der Waals surface area (Å²) in [6.07, 6.45) is 0. The number of benzene rings is 1. The van der Waals surface area contributed by atoms with E-state index in [1.807, 2.05) is 6.07 Å². The van der Waals surface area contributed by atoms with Crippen molar-refractivity contribution in [3.63, 3.8) is 0 Å². The minimum Gasteiger partial charge on any atom is -0.468 e. The van der Waals surface area contributed by atoms with Gasteiger partial charge in [-0.1, -0.05) is 0 Å². The maximum atomic E-state index is 14.4. The third-order valence-corrected chi connectivity index (χ3v) is 4.94. The maximum Gasteiger partial charge on any atom is 0.294 e. The Kier molecular flexibility index (Phi) is 3.61. The van der Waals surface area contributed by atoms with Crippen molar-refractivity contribution in [1.29, 1.82) is 0 Å². The lowest BCUT2D eigenvalue weighted by atomic mass is 10.1. The first-order chi connectivity index (χ1) is 11.1. The Labute approximate surface area is 134 Å². The molecule has 2 aliphatic heterocycles. The molecule has 0 bridgehead atoms. The lowest BCUT2D eigenvalue weighted by molar-refractivity contribution is 0.0487. The summed E-state index contributed by atoms with van der Waals surface area (Å²) in [7, 11) is 3.70. The van der Waals surface area contributed by atoms with Gasteiger partial charge in [0.15, 0.2) is 0 Å². The number of nitrogens with zero attached hydrogens (tertiary/aromatic N) is 4. The highest BCUT2D eigenvalue weighted by atomic mass is 19.1. The lowest BCUT2D eigenvalue weighted by Gasteiger charge is -2.47. The zero-order valence-electron chi connectivity index (χ0n) is 13.5. The number of rotatable bonds is 3. The molecule has 2 saturated heterocycles. The number of hydrogen-bond acceptors (Lipinski definition) is 5. The van der Waals surface area contributed by atoms with Crippen molar-refractivity contribution in [2.75, 3.05) is 58.3 Å². The Morgan fingerprint density at radius 3 is 2.61 bits per heavy atom. The SMILES string of the molecule is COc1nc2cc(F)c(N3CCN(C4CN(C)C4)CC3)cc2[nH]1. The Balaban J connectivity index is 1.50. The maximum absolute atomic E-state index is 14.4. The van der Waals surface area contributed by atoms with Gasteiger partial charge in [-0.25, -0.2) is 4.39 Å². The second kappa shape index (κ2) is 5.65. The number of hydrogen-bond donors (Lipinski definition) is 1. The highest BCUT2D eigenvalue weighted by Gasteiger charge is 2.31. The van der Waals surface area contributed by atoms with Gasteiger partial charge in [0.05, 0.1) is 23.8 Å². The first-order valence-electron chi connectivity index (χ1n) is 8.05. The summed E-state index contributed by atoms with van der Waals surface area (Å²) in [5.41, 5.74) is 2.05. The molecule has 0 aliphatic carbocycles. The van der Waals surface area contributed by atoms with E-state index in [9.17, 15) is 4.39 Å². The predicted molar refractivity (Wildman–Crippen MR) is 87.7 cm³/mol. The third kappa shape index (κ3) is 2.64. The number of piperazine rings is 1. The zero-order chi connectivity index (χ0) is 16.0. The van der Waals surface area contributed by atoms with E-state index in [4.69, 9.17) is 4.74 Å². The average molecular weight is 319 g/mol. The van der Waals surface area contributed by atoms with E-state index in [2.05, 4.69) is 31.7 Å². The van der Waals surface area contributed by atoms with Gasteiger partial charge in [0.25, 0.3) is 6.01 Å². The molecule has 2 aromatic rings. The first kappa shape index (κ1) is 14.7. The highest BCUT2D eigenvalue weighted by Crippen LogP contribution is 2.27. The number of nitrogens with one attached hydrogen (secondary N) is 1. The van der Waals surface area contributed by atoms with Crippen LogP contribution in [0.15, 0.2) is 12.1 Å². The lowest BCUT2D eigenvalue weighted by Crippen LogP contribution is -2.62. The number of aromatic nitrogens is 2. The Hall–Kier alpha value is -1.86. The predicted octanol–water partition coefficient (Wildman–Crippen LogP) is 1.15. The van der Waals surface area contributed by atoms with Crippen LogP contribution in [0.25, 0.3) is 11.0 Å². The van der Waals surface area contributed by atoms with Crippen molar-refractivity contribution >= 4 is 16.7 Å². The molecule has 4 rings (SSSR count). The summed E-state index contributed by atoms with van der Waals surface area (Å²) < 4.78 is 19.5. The molecule has 7 heteroatoms. The number of likely N-dealkylation sites (tertiary alicyclic amines) is 1. The van der Waals surface area contributed by atoms with E-state index < -0.39 is 0 Å². The summed E-state index contributed by atoms with van der Waals surface area (Å²) >= 11 is 0. The molecule has 0 spiro atoms. The van der Waals surface area contributed by atoms with Crippen molar-refractivity contribution in [1.82, 2.24) is 19.8 Å². The normalized spacial score (nSPS) is 20.9. The van der Waals surface area contributed by atoms with E-state index >= 15 is 0 Å². The second-order valence-corrected chi connectivity index (χ2v) is 6.46. The molecule has 0 saturated carbocycles. The molecule has 1 N–H and O–H groups in total. The summed E-state index contributed by atoms with van der Waals surface area (Å²) in [6.45, 7) is 5.98. The van der Waals surface area contributed by atoms with E-state index in [1.54, 1.807) is 7.11 Å². The number of anilines is 1. The number of aromatic amines is 1. The van der Waals surface area contributed by atoms with Crippen LogP contribution in [-0.4, -0.2) is 79.2 Å². The van der Waals surface area contributed by atoms with E-state index in [0.717, 1.165) is 44.8 Å². The van der Waals surface area contributed by atoms with Crippen LogP contribution in [0.5, 0.6) is 6.01 Å². The van der Waals surface area contributed by atoms with Crippen LogP contribution in [0.4, 0.5) is 10.1 Å². The molecule has 2 fully saturated rings. The van der Waals surface area contributed by atoms with Gasteiger partial charge < -0.3 is 19.5 Å². The third-order valence-electron chi connectivity index (χ3n) is 4.94. The number of ether oxygens (including phenoxy) is 1. The fourth-order valence-electron chi connectivity index (χ4n) is 3.56. The minimum absolute atomic E-state index is 0.219. The van der Waals surface area contributed by atoms with Crippen LogP contribution >= 0.6 is 0 Å². The topological polar surface area (TPSA) is 47.6 Å². The van der Waals surface area contributed by atoms with Crippen LogP contribution in [0.1, 0.15) is 0 Å². The molecule has 0 unspecified atom stereocenters.